The van der Waals surface area contributed by atoms with Crippen LogP contribution in [0, 0.1) is 0 Å². The minimum Gasteiger partial charge on any atom is -0.326 e. The number of hydrogen-bond donors (Lipinski definition) is 2. The maximum Gasteiger partial charge on any atom is 0.237 e. The van der Waals surface area contributed by atoms with Crippen LogP contribution >= 0.6 is 11.8 Å². The zero-order valence-corrected chi connectivity index (χ0v) is 16.3. The molecule has 28 heavy (non-hydrogen) atoms. The Bertz CT molecular complexity index is 916. The maximum absolute atomic E-state index is 12.3. The Morgan fingerprint density at radius 1 is 0.893 bits per heavy atom. The first-order chi connectivity index (χ1) is 13.6. The number of anilines is 2. The van der Waals surface area contributed by atoms with Crippen molar-refractivity contribution < 1.29 is 9.59 Å². The van der Waals surface area contributed by atoms with Crippen molar-refractivity contribution in [2.75, 3.05) is 10.6 Å². The van der Waals surface area contributed by atoms with E-state index in [1.54, 1.807) is 24.5 Å². The van der Waals surface area contributed by atoms with E-state index < -0.39 is 0 Å². The van der Waals surface area contributed by atoms with Crippen molar-refractivity contribution in [2.24, 2.45) is 0 Å². The summed E-state index contributed by atoms with van der Waals surface area (Å²) in [4.78, 5) is 29.3. The number of nitrogens with zero attached hydrogens (tertiary/aromatic N) is 1. The lowest BCUT2D eigenvalue weighted by molar-refractivity contribution is -0.116. The van der Waals surface area contributed by atoms with Gasteiger partial charge in [-0.05, 0) is 48.9 Å². The summed E-state index contributed by atoms with van der Waals surface area (Å²) in [5.41, 5.74) is 2.43. The quantitative estimate of drug-likeness (QED) is 0.586. The monoisotopic (exact) mass is 391 g/mol. The van der Waals surface area contributed by atoms with E-state index in [0.29, 0.717) is 6.42 Å². The third kappa shape index (κ3) is 5.96. The van der Waals surface area contributed by atoms with Crippen LogP contribution in [0.15, 0.2) is 84.0 Å². The van der Waals surface area contributed by atoms with Crippen molar-refractivity contribution >= 4 is 35.0 Å². The Hall–Kier alpha value is -3.12. The molecule has 0 fully saturated rings. The van der Waals surface area contributed by atoms with Gasteiger partial charge in [-0.15, -0.1) is 11.8 Å². The summed E-state index contributed by atoms with van der Waals surface area (Å²) >= 11 is 1.46. The number of hydrogen-bond acceptors (Lipinski definition) is 4. The third-order valence-corrected chi connectivity index (χ3v) is 5.09. The highest BCUT2D eigenvalue weighted by molar-refractivity contribution is 8.00. The number of benzene rings is 2. The molecular weight excluding hydrogens is 370 g/mol. The zero-order chi connectivity index (χ0) is 19.8. The van der Waals surface area contributed by atoms with Crippen LogP contribution in [0.25, 0.3) is 0 Å². The van der Waals surface area contributed by atoms with Crippen LogP contribution in [0.2, 0.25) is 0 Å². The van der Waals surface area contributed by atoms with Gasteiger partial charge in [0.15, 0.2) is 0 Å². The molecule has 0 radical (unpaired) electrons. The fraction of sp³-hybridized carbons (Fsp3) is 0.136. The molecular formula is C22H21N3O2S. The van der Waals surface area contributed by atoms with Crippen LogP contribution in [-0.4, -0.2) is 22.0 Å². The van der Waals surface area contributed by atoms with Gasteiger partial charge in [-0.1, -0.05) is 30.3 Å². The average molecular weight is 391 g/mol. The maximum atomic E-state index is 12.3. The van der Waals surface area contributed by atoms with Crippen LogP contribution in [-0.2, 0) is 16.0 Å². The molecule has 0 saturated heterocycles. The van der Waals surface area contributed by atoms with Gasteiger partial charge in [-0.25, -0.2) is 0 Å². The first kappa shape index (κ1) is 19.6. The first-order valence-electron chi connectivity index (χ1n) is 8.91. The molecule has 0 spiro atoms. The molecule has 1 unspecified atom stereocenters. The fourth-order valence-corrected chi connectivity index (χ4v) is 3.41. The Kier molecular flexibility index (Phi) is 6.81. The second kappa shape index (κ2) is 9.71. The molecule has 1 heterocycles. The van der Waals surface area contributed by atoms with Crippen LogP contribution < -0.4 is 10.6 Å². The van der Waals surface area contributed by atoms with Crippen molar-refractivity contribution in [3.8, 4) is 0 Å². The molecule has 1 aromatic heterocycles. The smallest absolute Gasteiger partial charge is 0.237 e. The highest BCUT2D eigenvalue weighted by Crippen LogP contribution is 2.25. The van der Waals surface area contributed by atoms with E-state index in [1.807, 2.05) is 61.5 Å². The van der Waals surface area contributed by atoms with E-state index >= 15 is 0 Å². The molecule has 0 bridgehead atoms. The highest BCUT2D eigenvalue weighted by atomic mass is 32.2. The standard InChI is InChI=1S/C22H21N3O2S/c1-16(22(27)25-19-11-13-23-14-12-19)28-20-9-7-18(8-10-20)24-21(26)15-17-5-3-2-4-6-17/h2-14,16H,15H2,1H3,(H,24,26)(H,23,25,27). The topological polar surface area (TPSA) is 71.1 Å². The minimum absolute atomic E-state index is 0.0586. The van der Waals surface area contributed by atoms with Gasteiger partial charge in [-0.2, -0.15) is 0 Å². The van der Waals surface area contributed by atoms with Crippen LogP contribution in [0.3, 0.4) is 0 Å². The van der Waals surface area contributed by atoms with Gasteiger partial charge in [0.25, 0.3) is 0 Å². The Balaban J connectivity index is 1.51. The van der Waals surface area contributed by atoms with Crippen molar-refractivity contribution in [1.29, 1.82) is 0 Å². The number of aromatic nitrogens is 1. The number of thioether (sulfide) groups is 1. The second-order valence-electron chi connectivity index (χ2n) is 6.22. The summed E-state index contributed by atoms with van der Waals surface area (Å²) in [5.74, 6) is -0.131. The van der Waals surface area contributed by atoms with Gasteiger partial charge in [-0.3, -0.25) is 14.6 Å². The van der Waals surface area contributed by atoms with Crippen LogP contribution in [0.5, 0.6) is 0 Å². The highest BCUT2D eigenvalue weighted by Gasteiger charge is 2.14. The Morgan fingerprint density at radius 3 is 2.21 bits per heavy atom. The van der Waals surface area contributed by atoms with Gasteiger partial charge in [0.05, 0.1) is 11.7 Å². The lowest BCUT2D eigenvalue weighted by atomic mass is 10.1. The van der Waals surface area contributed by atoms with Crippen molar-refractivity contribution in [3.05, 3.63) is 84.7 Å². The molecule has 5 nitrogen and oxygen atoms in total. The second-order valence-corrected chi connectivity index (χ2v) is 7.63. The lowest BCUT2D eigenvalue weighted by Crippen LogP contribution is -2.22. The molecule has 0 aliphatic heterocycles. The molecule has 3 aromatic rings. The number of carbonyl (C=O) groups is 2. The molecule has 6 heteroatoms. The van der Waals surface area contributed by atoms with E-state index in [4.69, 9.17) is 0 Å². The number of carbonyl (C=O) groups excluding carboxylic acids is 2. The molecule has 0 aliphatic rings. The zero-order valence-electron chi connectivity index (χ0n) is 15.5. The molecule has 1 atom stereocenters. The van der Waals surface area contributed by atoms with Crippen LogP contribution in [0.1, 0.15) is 12.5 Å². The van der Waals surface area contributed by atoms with Gasteiger partial charge in [0.2, 0.25) is 11.8 Å². The Morgan fingerprint density at radius 2 is 1.54 bits per heavy atom. The fourth-order valence-electron chi connectivity index (χ4n) is 2.54. The van der Waals surface area contributed by atoms with Gasteiger partial charge >= 0.3 is 0 Å². The molecule has 2 amide bonds. The normalized spacial score (nSPS) is 11.5. The summed E-state index contributed by atoms with van der Waals surface area (Å²) in [6, 6.07) is 20.6. The van der Waals surface area contributed by atoms with Gasteiger partial charge in [0, 0.05) is 28.7 Å². The van der Waals surface area contributed by atoms with E-state index in [9.17, 15) is 9.59 Å². The van der Waals surface area contributed by atoms with Crippen LogP contribution in [0.4, 0.5) is 11.4 Å². The molecule has 2 N–H and O–H groups in total. The van der Waals surface area contributed by atoms with E-state index in [0.717, 1.165) is 21.8 Å². The van der Waals surface area contributed by atoms with E-state index in [-0.39, 0.29) is 17.1 Å². The number of pyridine rings is 1. The largest absolute Gasteiger partial charge is 0.326 e. The van der Waals surface area contributed by atoms with Crippen molar-refractivity contribution in [1.82, 2.24) is 4.98 Å². The Labute approximate surface area is 168 Å². The summed E-state index contributed by atoms with van der Waals surface area (Å²) in [5, 5.41) is 5.50. The average Bonchev–Trinajstić information content (AvgIpc) is 2.71. The summed E-state index contributed by atoms with van der Waals surface area (Å²) < 4.78 is 0. The molecule has 0 saturated carbocycles. The molecule has 142 valence electrons. The number of amides is 2. The summed E-state index contributed by atoms with van der Waals surface area (Å²) in [6.45, 7) is 1.86. The van der Waals surface area contributed by atoms with Crippen molar-refractivity contribution in [2.45, 2.75) is 23.5 Å². The number of nitrogens with one attached hydrogen (secondary N) is 2. The molecule has 0 aliphatic carbocycles. The van der Waals surface area contributed by atoms with Gasteiger partial charge in [0.1, 0.15) is 0 Å². The summed E-state index contributed by atoms with van der Waals surface area (Å²) in [6.07, 6.45) is 3.61. The van der Waals surface area contributed by atoms with Crippen molar-refractivity contribution in [3.63, 3.8) is 0 Å². The third-order valence-electron chi connectivity index (χ3n) is 3.98. The van der Waals surface area contributed by atoms with Gasteiger partial charge < -0.3 is 10.6 Å². The molecule has 2 aromatic carbocycles. The first-order valence-corrected chi connectivity index (χ1v) is 9.79. The predicted molar refractivity (Wildman–Crippen MR) is 113 cm³/mol. The number of rotatable bonds is 7. The lowest BCUT2D eigenvalue weighted by Gasteiger charge is -2.12. The minimum atomic E-state index is -0.258. The summed E-state index contributed by atoms with van der Waals surface area (Å²) in [7, 11) is 0. The SMILES string of the molecule is CC(Sc1ccc(NC(=O)Cc2ccccc2)cc1)C(=O)Nc1ccncc1. The van der Waals surface area contributed by atoms with E-state index in [2.05, 4.69) is 15.6 Å². The predicted octanol–water partition coefficient (Wildman–Crippen LogP) is 4.38. The molecule has 3 rings (SSSR count). The van der Waals surface area contributed by atoms with E-state index in [1.165, 1.54) is 11.8 Å².